The van der Waals surface area contributed by atoms with Gasteiger partial charge in [0.2, 0.25) is 0 Å². The van der Waals surface area contributed by atoms with Gasteiger partial charge in [-0.05, 0) is 84.6 Å². The topological polar surface area (TPSA) is 0 Å². The standard InChI is InChI=1S/C25H31Cl/c1-2-3-18-4-5-24-17-23(11-10-22(24)16-18)21-8-6-19(7-9-21)20-12-14-25(26)15-13-20/h6-9,12-15,18,22-24H,2-5,10-11,16-17H2,1H3. The summed E-state index contributed by atoms with van der Waals surface area (Å²) in [5, 5.41) is 0.802. The number of rotatable bonds is 4. The van der Waals surface area contributed by atoms with E-state index >= 15 is 0 Å². The Balaban J connectivity index is 1.40. The molecule has 0 radical (unpaired) electrons. The first-order chi connectivity index (χ1) is 12.7. The molecule has 0 heterocycles. The molecule has 0 aliphatic heterocycles. The average Bonchev–Trinajstić information content (AvgIpc) is 2.69. The van der Waals surface area contributed by atoms with Crippen molar-refractivity contribution in [3.63, 3.8) is 0 Å². The molecule has 0 aromatic heterocycles. The van der Waals surface area contributed by atoms with Gasteiger partial charge in [-0.15, -0.1) is 0 Å². The highest BCUT2D eigenvalue weighted by atomic mass is 35.5. The largest absolute Gasteiger partial charge is 0.0843 e. The molecular formula is C25H31Cl. The van der Waals surface area contributed by atoms with E-state index in [1.165, 1.54) is 62.5 Å². The molecule has 2 aliphatic carbocycles. The molecule has 0 spiro atoms. The van der Waals surface area contributed by atoms with Crippen LogP contribution in [0.4, 0.5) is 0 Å². The molecule has 0 N–H and O–H groups in total. The van der Waals surface area contributed by atoms with Crippen molar-refractivity contribution in [1.82, 2.24) is 0 Å². The zero-order chi connectivity index (χ0) is 17.9. The van der Waals surface area contributed by atoms with Gasteiger partial charge in [0.15, 0.2) is 0 Å². The maximum atomic E-state index is 6.01. The molecule has 138 valence electrons. The lowest BCUT2D eigenvalue weighted by Crippen LogP contribution is -2.30. The van der Waals surface area contributed by atoms with Crippen LogP contribution in [0.5, 0.6) is 0 Å². The van der Waals surface area contributed by atoms with Gasteiger partial charge in [0.1, 0.15) is 0 Å². The monoisotopic (exact) mass is 366 g/mol. The molecule has 0 amide bonds. The van der Waals surface area contributed by atoms with E-state index in [4.69, 9.17) is 11.6 Å². The van der Waals surface area contributed by atoms with Crippen molar-refractivity contribution in [1.29, 1.82) is 0 Å². The van der Waals surface area contributed by atoms with Crippen LogP contribution in [0.15, 0.2) is 48.5 Å². The highest BCUT2D eigenvalue weighted by Gasteiger charge is 2.35. The zero-order valence-corrected chi connectivity index (χ0v) is 16.7. The second-order valence-corrected chi connectivity index (χ2v) is 9.06. The minimum Gasteiger partial charge on any atom is -0.0843 e. The second kappa shape index (κ2) is 8.17. The number of hydrogen-bond donors (Lipinski definition) is 0. The van der Waals surface area contributed by atoms with Gasteiger partial charge >= 0.3 is 0 Å². The first-order valence-corrected chi connectivity index (χ1v) is 11.0. The molecule has 2 fully saturated rings. The number of fused-ring (bicyclic) bond motifs is 1. The molecule has 1 heteroatoms. The summed E-state index contributed by atoms with van der Waals surface area (Å²) in [6.07, 6.45) is 11.6. The van der Waals surface area contributed by atoms with E-state index in [0.717, 1.165) is 28.7 Å². The molecule has 4 atom stereocenters. The van der Waals surface area contributed by atoms with E-state index in [1.54, 1.807) is 5.56 Å². The average molecular weight is 367 g/mol. The molecule has 4 rings (SSSR count). The van der Waals surface area contributed by atoms with Crippen LogP contribution in [0.2, 0.25) is 5.02 Å². The van der Waals surface area contributed by atoms with Gasteiger partial charge in [-0.2, -0.15) is 0 Å². The summed E-state index contributed by atoms with van der Waals surface area (Å²) in [5.41, 5.74) is 4.09. The molecular weight excluding hydrogens is 336 g/mol. The van der Waals surface area contributed by atoms with Crippen molar-refractivity contribution in [3.8, 4) is 11.1 Å². The van der Waals surface area contributed by atoms with Crippen LogP contribution in [0, 0.1) is 17.8 Å². The van der Waals surface area contributed by atoms with Crippen LogP contribution in [0.3, 0.4) is 0 Å². The Morgan fingerprint density at radius 2 is 1.38 bits per heavy atom. The first kappa shape index (κ1) is 18.1. The normalized spacial score (nSPS) is 28.5. The van der Waals surface area contributed by atoms with E-state index in [0.29, 0.717) is 0 Å². The van der Waals surface area contributed by atoms with Gasteiger partial charge in [-0.25, -0.2) is 0 Å². The quantitative estimate of drug-likeness (QED) is 0.512. The van der Waals surface area contributed by atoms with Crippen LogP contribution < -0.4 is 0 Å². The fraction of sp³-hybridized carbons (Fsp3) is 0.520. The third-order valence-corrected chi connectivity index (χ3v) is 7.23. The fourth-order valence-electron chi connectivity index (χ4n) is 5.55. The Morgan fingerprint density at radius 3 is 2.08 bits per heavy atom. The van der Waals surface area contributed by atoms with E-state index in [-0.39, 0.29) is 0 Å². The number of hydrogen-bond acceptors (Lipinski definition) is 0. The first-order valence-electron chi connectivity index (χ1n) is 10.6. The summed E-state index contributed by atoms with van der Waals surface area (Å²) in [6.45, 7) is 2.34. The van der Waals surface area contributed by atoms with Gasteiger partial charge in [0.25, 0.3) is 0 Å². The van der Waals surface area contributed by atoms with E-state index < -0.39 is 0 Å². The van der Waals surface area contributed by atoms with Crippen LogP contribution in [-0.4, -0.2) is 0 Å². The molecule has 2 saturated carbocycles. The highest BCUT2D eigenvalue weighted by Crippen LogP contribution is 2.48. The van der Waals surface area contributed by atoms with E-state index in [9.17, 15) is 0 Å². The lowest BCUT2D eigenvalue weighted by Gasteiger charge is -2.42. The Bertz CT molecular complexity index is 700. The third kappa shape index (κ3) is 4.01. The molecule has 4 unspecified atom stereocenters. The SMILES string of the molecule is CCCC1CCC2CC(c3ccc(-c4ccc(Cl)cc4)cc3)CCC2C1. The Morgan fingerprint density at radius 1 is 0.769 bits per heavy atom. The van der Waals surface area contributed by atoms with Gasteiger partial charge in [0, 0.05) is 5.02 Å². The lowest BCUT2D eigenvalue weighted by molar-refractivity contribution is 0.114. The predicted molar refractivity (Wildman–Crippen MR) is 113 cm³/mol. The van der Waals surface area contributed by atoms with Crippen molar-refractivity contribution < 1.29 is 0 Å². The van der Waals surface area contributed by atoms with Crippen molar-refractivity contribution in [3.05, 3.63) is 59.1 Å². The Hall–Kier alpha value is -1.27. The van der Waals surface area contributed by atoms with Crippen molar-refractivity contribution in [2.75, 3.05) is 0 Å². The summed E-state index contributed by atoms with van der Waals surface area (Å²) in [6, 6.07) is 17.5. The molecule has 2 aliphatic rings. The van der Waals surface area contributed by atoms with Crippen LogP contribution in [0.1, 0.15) is 69.8 Å². The van der Waals surface area contributed by atoms with E-state index in [2.05, 4.69) is 43.3 Å². The molecule has 0 saturated heterocycles. The Kier molecular flexibility index (Phi) is 5.69. The van der Waals surface area contributed by atoms with Gasteiger partial charge in [-0.3, -0.25) is 0 Å². The van der Waals surface area contributed by atoms with Crippen LogP contribution in [0.25, 0.3) is 11.1 Å². The lowest BCUT2D eigenvalue weighted by atomic mass is 9.63. The van der Waals surface area contributed by atoms with Crippen LogP contribution in [-0.2, 0) is 0 Å². The molecule has 0 nitrogen and oxygen atoms in total. The van der Waals surface area contributed by atoms with Crippen LogP contribution >= 0.6 is 11.6 Å². The Labute approximate surface area is 164 Å². The van der Waals surface area contributed by atoms with Crippen molar-refractivity contribution in [2.45, 2.75) is 64.2 Å². The molecule has 2 aromatic rings. The summed E-state index contributed by atoms with van der Waals surface area (Å²) in [4.78, 5) is 0. The van der Waals surface area contributed by atoms with Crippen molar-refractivity contribution >= 4 is 11.6 Å². The molecule has 2 aromatic carbocycles. The summed E-state index contributed by atoms with van der Waals surface area (Å²) in [7, 11) is 0. The third-order valence-electron chi connectivity index (χ3n) is 6.98. The fourth-order valence-corrected chi connectivity index (χ4v) is 5.68. The minimum absolute atomic E-state index is 0.776. The second-order valence-electron chi connectivity index (χ2n) is 8.63. The van der Waals surface area contributed by atoms with Gasteiger partial charge < -0.3 is 0 Å². The van der Waals surface area contributed by atoms with Crippen molar-refractivity contribution in [2.24, 2.45) is 17.8 Å². The zero-order valence-electron chi connectivity index (χ0n) is 16.0. The highest BCUT2D eigenvalue weighted by molar-refractivity contribution is 6.30. The summed E-state index contributed by atoms with van der Waals surface area (Å²) < 4.78 is 0. The maximum absolute atomic E-state index is 6.01. The summed E-state index contributed by atoms with van der Waals surface area (Å²) >= 11 is 6.01. The molecule has 26 heavy (non-hydrogen) atoms. The minimum atomic E-state index is 0.776. The van der Waals surface area contributed by atoms with E-state index in [1.807, 2.05) is 12.1 Å². The number of benzene rings is 2. The maximum Gasteiger partial charge on any atom is 0.0406 e. The summed E-state index contributed by atoms with van der Waals surface area (Å²) in [5.74, 6) is 3.80. The van der Waals surface area contributed by atoms with Gasteiger partial charge in [0.05, 0.1) is 0 Å². The van der Waals surface area contributed by atoms with Gasteiger partial charge in [-0.1, -0.05) is 74.2 Å². The molecule has 0 bridgehead atoms. The predicted octanol–water partition coefficient (Wildman–Crippen LogP) is 8.11. The number of halogens is 1. The smallest absolute Gasteiger partial charge is 0.0406 e.